The predicted molar refractivity (Wildman–Crippen MR) is 90.6 cm³/mol. The summed E-state index contributed by atoms with van der Waals surface area (Å²) in [5.41, 5.74) is 10.2. The molecule has 0 fully saturated rings. The number of nitrogens with one attached hydrogen (secondary N) is 1. The molecule has 116 valence electrons. The lowest BCUT2D eigenvalue weighted by molar-refractivity contribution is 0.0950. The number of carbonyl (C=O) groups is 1. The van der Waals surface area contributed by atoms with Crippen molar-refractivity contribution in [2.75, 3.05) is 19.8 Å². The average molecular weight is 297 g/mol. The summed E-state index contributed by atoms with van der Waals surface area (Å²) in [7, 11) is 4.08. The minimum atomic E-state index is -0.0946. The highest BCUT2D eigenvalue weighted by atomic mass is 16.1. The van der Waals surface area contributed by atoms with Crippen molar-refractivity contribution in [3.8, 4) is 0 Å². The molecule has 0 spiro atoms. The summed E-state index contributed by atoms with van der Waals surface area (Å²) in [5, 5.41) is 2.96. The molecule has 0 aliphatic carbocycles. The number of amides is 1. The van der Waals surface area contributed by atoms with Crippen molar-refractivity contribution in [1.82, 2.24) is 10.2 Å². The summed E-state index contributed by atoms with van der Waals surface area (Å²) < 4.78 is 0. The molecule has 0 aliphatic rings. The topological polar surface area (TPSA) is 58.4 Å². The lowest BCUT2D eigenvalue weighted by Gasteiger charge is -2.12. The molecule has 0 unspecified atom stereocenters. The molecule has 0 radical (unpaired) electrons. The molecule has 0 saturated carbocycles. The van der Waals surface area contributed by atoms with Crippen molar-refractivity contribution in [3.63, 3.8) is 0 Å². The zero-order chi connectivity index (χ0) is 16.1. The van der Waals surface area contributed by atoms with Gasteiger partial charge >= 0.3 is 0 Å². The fraction of sp³-hybridized carbons (Fsp3) is 0.278. The number of anilines is 1. The van der Waals surface area contributed by atoms with Crippen molar-refractivity contribution in [2.45, 2.75) is 20.0 Å². The van der Waals surface area contributed by atoms with Gasteiger partial charge in [0.1, 0.15) is 0 Å². The maximum atomic E-state index is 12.3. The van der Waals surface area contributed by atoms with Gasteiger partial charge in [-0.25, -0.2) is 0 Å². The largest absolute Gasteiger partial charge is 0.399 e. The molecule has 0 bridgehead atoms. The third-order valence-corrected chi connectivity index (χ3v) is 3.45. The van der Waals surface area contributed by atoms with Crippen molar-refractivity contribution in [1.29, 1.82) is 0 Å². The minimum absolute atomic E-state index is 0.0946. The maximum absolute atomic E-state index is 12.3. The Morgan fingerprint density at radius 2 is 1.86 bits per heavy atom. The maximum Gasteiger partial charge on any atom is 0.251 e. The number of hydrogen-bond donors (Lipinski definition) is 2. The molecular formula is C18H23N3O. The Morgan fingerprint density at radius 1 is 1.14 bits per heavy atom. The third kappa shape index (κ3) is 4.33. The Labute approximate surface area is 131 Å². The number of carbonyl (C=O) groups excluding carboxylic acids is 1. The van der Waals surface area contributed by atoms with Gasteiger partial charge in [0.2, 0.25) is 0 Å². The van der Waals surface area contributed by atoms with E-state index in [1.54, 1.807) is 12.1 Å². The van der Waals surface area contributed by atoms with Gasteiger partial charge in [-0.05, 0) is 49.8 Å². The van der Waals surface area contributed by atoms with E-state index in [4.69, 9.17) is 5.73 Å². The molecule has 2 aromatic rings. The summed E-state index contributed by atoms with van der Waals surface area (Å²) in [6, 6.07) is 13.6. The van der Waals surface area contributed by atoms with Crippen LogP contribution in [0.1, 0.15) is 27.0 Å². The summed E-state index contributed by atoms with van der Waals surface area (Å²) in [6.45, 7) is 3.30. The van der Waals surface area contributed by atoms with Crippen molar-refractivity contribution >= 4 is 11.6 Å². The number of benzene rings is 2. The predicted octanol–water partition coefficient (Wildman–Crippen LogP) is 2.57. The van der Waals surface area contributed by atoms with E-state index in [1.807, 2.05) is 39.2 Å². The van der Waals surface area contributed by atoms with Gasteiger partial charge < -0.3 is 16.0 Å². The minimum Gasteiger partial charge on any atom is -0.399 e. The molecule has 0 atom stereocenters. The first kappa shape index (κ1) is 16.0. The van der Waals surface area contributed by atoms with Gasteiger partial charge in [-0.15, -0.1) is 0 Å². The lowest BCUT2D eigenvalue weighted by Crippen LogP contribution is -2.24. The van der Waals surface area contributed by atoms with Gasteiger partial charge in [-0.3, -0.25) is 4.79 Å². The van der Waals surface area contributed by atoms with Crippen LogP contribution >= 0.6 is 0 Å². The first-order valence-corrected chi connectivity index (χ1v) is 7.32. The SMILES string of the molecule is Cc1ccc(N)cc1C(=O)NCc1cccc(CN(C)C)c1. The molecule has 3 N–H and O–H groups in total. The van der Waals surface area contributed by atoms with E-state index in [2.05, 4.69) is 22.3 Å². The van der Waals surface area contributed by atoms with Crippen molar-refractivity contribution in [2.24, 2.45) is 0 Å². The second-order valence-corrected chi connectivity index (χ2v) is 5.81. The smallest absolute Gasteiger partial charge is 0.251 e. The van der Waals surface area contributed by atoms with E-state index < -0.39 is 0 Å². The van der Waals surface area contributed by atoms with Crippen LogP contribution in [0.25, 0.3) is 0 Å². The Balaban J connectivity index is 2.03. The van der Waals surface area contributed by atoms with Crippen LogP contribution in [0.5, 0.6) is 0 Å². The van der Waals surface area contributed by atoms with E-state index in [1.165, 1.54) is 5.56 Å². The van der Waals surface area contributed by atoms with Gasteiger partial charge in [0.05, 0.1) is 0 Å². The normalized spacial score (nSPS) is 10.7. The number of aryl methyl sites for hydroxylation is 1. The van der Waals surface area contributed by atoms with Crippen LogP contribution in [0.3, 0.4) is 0 Å². The average Bonchev–Trinajstić information content (AvgIpc) is 2.47. The van der Waals surface area contributed by atoms with Crippen LogP contribution < -0.4 is 11.1 Å². The highest BCUT2D eigenvalue weighted by molar-refractivity contribution is 5.96. The van der Waals surface area contributed by atoms with Crippen molar-refractivity contribution in [3.05, 3.63) is 64.7 Å². The molecule has 4 heteroatoms. The van der Waals surface area contributed by atoms with Crippen LogP contribution in [0, 0.1) is 6.92 Å². The number of hydrogen-bond acceptors (Lipinski definition) is 3. The van der Waals surface area contributed by atoms with Gasteiger partial charge in [0, 0.05) is 24.3 Å². The highest BCUT2D eigenvalue weighted by Gasteiger charge is 2.09. The fourth-order valence-corrected chi connectivity index (χ4v) is 2.36. The van der Waals surface area contributed by atoms with Gasteiger partial charge in [0.25, 0.3) is 5.91 Å². The Morgan fingerprint density at radius 3 is 2.59 bits per heavy atom. The van der Waals surface area contributed by atoms with E-state index in [9.17, 15) is 4.79 Å². The molecule has 4 nitrogen and oxygen atoms in total. The van der Waals surface area contributed by atoms with Crippen molar-refractivity contribution < 1.29 is 4.79 Å². The summed E-state index contributed by atoms with van der Waals surface area (Å²) in [4.78, 5) is 14.4. The van der Waals surface area contributed by atoms with Gasteiger partial charge in [-0.1, -0.05) is 30.3 Å². The number of nitrogens with zero attached hydrogens (tertiary/aromatic N) is 1. The van der Waals surface area contributed by atoms with Crippen LogP contribution in [-0.2, 0) is 13.1 Å². The van der Waals surface area contributed by atoms with E-state index in [0.717, 1.165) is 17.7 Å². The Hall–Kier alpha value is -2.33. The molecule has 0 aliphatic heterocycles. The monoisotopic (exact) mass is 297 g/mol. The van der Waals surface area contributed by atoms with E-state index in [-0.39, 0.29) is 5.91 Å². The first-order chi connectivity index (χ1) is 10.5. The first-order valence-electron chi connectivity index (χ1n) is 7.32. The summed E-state index contributed by atoms with van der Waals surface area (Å²) in [6.07, 6.45) is 0. The molecule has 22 heavy (non-hydrogen) atoms. The highest BCUT2D eigenvalue weighted by Crippen LogP contribution is 2.13. The van der Waals surface area contributed by atoms with Crippen LogP contribution in [0.4, 0.5) is 5.69 Å². The molecule has 2 aromatic carbocycles. The second kappa shape index (κ2) is 7.09. The molecule has 1 amide bonds. The number of nitrogens with two attached hydrogens (primary N) is 1. The summed E-state index contributed by atoms with van der Waals surface area (Å²) in [5.74, 6) is -0.0946. The number of rotatable bonds is 5. The molecule has 2 rings (SSSR count). The molecule has 0 aromatic heterocycles. The zero-order valence-electron chi connectivity index (χ0n) is 13.4. The van der Waals surface area contributed by atoms with Crippen LogP contribution in [-0.4, -0.2) is 24.9 Å². The number of nitrogen functional groups attached to an aromatic ring is 1. The molecular weight excluding hydrogens is 274 g/mol. The summed E-state index contributed by atoms with van der Waals surface area (Å²) >= 11 is 0. The lowest BCUT2D eigenvalue weighted by atomic mass is 10.1. The van der Waals surface area contributed by atoms with Gasteiger partial charge in [-0.2, -0.15) is 0 Å². The standard InChI is InChI=1S/C18H23N3O/c1-13-7-8-16(19)10-17(13)18(22)20-11-14-5-4-6-15(9-14)12-21(2)3/h4-10H,11-12,19H2,1-3H3,(H,20,22). The van der Waals surface area contributed by atoms with Crippen LogP contribution in [0.15, 0.2) is 42.5 Å². The Bertz CT molecular complexity index is 665. The Kier molecular flexibility index (Phi) is 5.17. The zero-order valence-corrected chi connectivity index (χ0v) is 13.4. The third-order valence-electron chi connectivity index (χ3n) is 3.45. The van der Waals surface area contributed by atoms with Gasteiger partial charge in [0.15, 0.2) is 0 Å². The molecule has 0 saturated heterocycles. The molecule has 0 heterocycles. The fourth-order valence-electron chi connectivity index (χ4n) is 2.36. The second-order valence-electron chi connectivity index (χ2n) is 5.81. The van der Waals surface area contributed by atoms with Crippen LogP contribution in [0.2, 0.25) is 0 Å². The van der Waals surface area contributed by atoms with E-state index >= 15 is 0 Å². The quantitative estimate of drug-likeness (QED) is 0.834. The van der Waals surface area contributed by atoms with E-state index in [0.29, 0.717) is 17.8 Å².